The van der Waals surface area contributed by atoms with Crippen LogP contribution in [-0.2, 0) is 9.59 Å². The molecule has 6 fully saturated rings. The zero-order chi connectivity index (χ0) is 25.5. The first-order valence-corrected chi connectivity index (χ1v) is 15.1. The number of aliphatic hydroxyl groups excluding tert-OH is 1. The van der Waals surface area contributed by atoms with Gasteiger partial charge in [0.2, 0.25) is 5.91 Å². The molecule has 6 rings (SSSR count). The lowest BCUT2D eigenvalue weighted by Crippen LogP contribution is -2.65. The maximum atomic E-state index is 12.9. The second-order valence-electron chi connectivity index (χ2n) is 12.9. The Labute approximate surface area is 222 Å². The summed E-state index contributed by atoms with van der Waals surface area (Å²) in [6.45, 7) is 9.86. The van der Waals surface area contributed by atoms with Crippen LogP contribution >= 0.6 is 0 Å². The van der Waals surface area contributed by atoms with Crippen LogP contribution in [0.25, 0.3) is 0 Å². The van der Waals surface area contributed by atoms with Gasteiger partial charge in [-0.3, -0.25) is 24.3 Å². The van der Waals surface area contributed by atoms with Gasteiger partial charge in [-0.15, -0.1) is 0 Å². The molecule has 9 heteroatoms. The molecular formula is C28H48N6O3. The van der Waals surface area contributed by atoms with Crippen molar-refractivity contribution in [2.24, 2.45) is 11.8 Å². The summed E-state index contributed by atoms with van der Waals surface area (Å²) in [5.41, 5.74) is 0. The molecule has 7 atom stereocenters. The number of nitrogens with one attached hydrogen (secondary N) is 1. The van der Waals surface area contributed by atoms with Crippen molar-refractivity contribution in [3.05, 3.63) is 0 Å². The summed E-state index contributed by atoms with van der Waals surface area (Å²) in [4.78, 5) is 37.6. The van der Waals surface area contributed by atoms with Gasteiger partial charge >= 0.3 is 0 Å². The van der Waals surface area contributed by atoms with E-state index in [4.69, 9.17) is 0 Å². The average Bonchev–Trinajstić information content (AvgIpc) is 2.91. The van der Waals surface area contributed by atoms with Gasteiger partial charge < -0.3 is 20.2 Å². The minimum atomic E-state index is -0.887. The molecule has 7 unspecified atom stereocenters. The highest BCUT2D eigenvalue weighted by Gasteiger charge is 2.46. The third kappa shape index (κ3) is 5.50. The predicted octanol–water partition coefficient (Wildman–Crippen LogP) is 0.0391. The minimum absolute atomic E-state index is 0.0133. The molecule has 0 aromatic carbocycles. The van der Waals surface area contributed by atoms with Crippen LogP contribution < -0.4 is 5.32 Å². The van der Waals surface area contributed by atoms with E-state index in [2.05, 4.69) is 36.9 Å². The Morgan fingerprint density at radius 2 is 1.78 bits per heavy atom. The highest BCUT2D eigenvalue weighted by Crippen LogP contribution is 2.38. The zero-order valence-electron chi connectivity index (χ0n) is 22.8. The minimum Gasteiger partial charge on any atom is -0.384 e. The van der Waals surface area contributed by atoms with Crippen molar-refractivity contribution in [3.8, 4) is 0 Å². The van der Waals surface area contributed by atoms with Gasteiger partial charge in [0.1, 0.15) is 6.10 Å². The Hall–Kier alpha value is -1.10. The van der Waals surface area contributed by atoms with Gasteiger partial charge in [-0.25, -0.2) is 0 Å². The topological polar surface area (TPSA) is 82.6 Å². The summed E-state index contributed by atoms with van der Waals surface area (Å²) in [5, 5.41) is 14.6. The number of piperazine rings is 1. The number of hydrogen-bond acceptors (Lipinski definition) is 8. The Bertz CT molecular complexity index is 829. The number of hydrogen-bond donors (Lipinski definition) is 2. The maximum Gasteiger partial charge on any atom is 0.222 e. The van der Waals surface area contributed by atoms with E-state index >= 15 is 0 Å². The Kier molecular flexibility index (Phi) is 7.90. The highest BCUT2D eigenvalue weighted by atomic mass is 16.3. The number of Topliss-reactive ketones (excluding diaryl/α,β-unsaturated/α-hetero) is 1. The molecular weight excluding hydrogens is 468 g/mol. The van der Waals surface area contributed by atoms with E-state index in [1.165, 1.54) is 25.7 Å². The molecule has 0 spiro atoms. The van der Waals surface area contributed by atoms with Gasteiger partial charge in [0, 0.05) is 83.8 Å². The smallest absolute Gasteiger partial charge is 0.222 e. The van der Waals surface area contributed by atoms with Crippen molar-refractivity contribution >= 4 is 11.7 Å². The van der Waals surface area contributed by atoms with E-state index in [-0.39, 0.29) is 17.9 Å². The first kappa shape index (κ1) is 26.1. The number of likely N-dealkylation sites (N-methyl/N-ethyl adjacent to an activating group) is 1. The van der Waals surface area contributed by atoms with Gasteiger partial charge in [0.25, 0.3) is 0 Å². The Morgan fingerprint density at radius 1 is 0.946 bits per heavy atom. The molecule has 6 heterocycles. The van der Waals surface area contributed by atoms with Crippen LogP contribution in [0.1, 0.15) is 51.4 Å². The van der Waals surface area contributed by atoms with Crippen LogP contribution in [0, 0.1) is 11.8 Å². The normalized spacial score (nSPS) is 41.1. The molecule has 6 aliphatic rings. The highest BCUT2D eigenvalue weighted by molar-refractivity contribution is 5.85. The van der Waals surface area contributed by atoms with Crippen molar-refractivity contribution < 1.29 is 14.7 Å². The number of ketones is 1. The molecule has 37 heavy (non-hydrogen) atoms. The first-order valence-electron chi connectivity index (χ1n) is 15.1. The molecule has 1 amide bonds. The third-order valence-electron chi connectivity index (χ3n) is 10.5. The van der Waals surface area contributed by atoms with E-state index in [1.807, 2.05) is 0 Å². The fourth-order valence-corrected chi connectivity index (χ4v) is 8.45. The van der Waals surface area contributed by atoms with E-state index in [9.17, 15) is 14.7 Å². The Morgan fingerprint density at radius 3 is 2.57 bits per heavy atom. The SMILES string of the molecule is CN1C(CN2CC3CC(C2)C2CCCC(=O)N2C3)CC(=O)C(O)C1CN1CCN(C2CCCCN2)CC1. The number of carbonyl (C=O) groups excluding carboxylic acids is 2. The molecule has 208 valence electrons. The van der Waals surface area contributed by atoms with Crippen LogP contribution in [0.5, 0.6) is 0 Å². The first-order chi connectivity index (χ1) is 18.0. The second-order valence-corrected chi connectivity index (χ2v) is 12.9. The molecule has 0 radical (unpaired) electrons. The molecule has 6 saturated heterocycles. The number of piperidine rings is 5. The van der Waals surface area contributed by atoms with E-state index in [1.54, 1.807) is 0 Å². The van der Waals surface area contributed by atoms with Gasteiger partial charge in [0.05, 0.1) is 12.2 Å². The fraction of sp³-hybridized carbons (Fsp3) is 0.929. The molecule has 0 aliphatic carbocycles. The lowest BCUT2D eigenvalue weighted by Gasteiger charge is -2.53. The summed E-state index contributed by atoms with van der Waals surface area (Å²) >= 11 is 0. The molecule has 0 saturated carbocycles. The van der Waals surface area contributed by atoms with E-state index in [0.717, 1.165) is 84.7 Å². The second kappa shape index (κ2) is 11.2. The molecule has 2 bridgehead atoms. The largest absolute Gasteiger partial charge is 0.384 e. The Balaban J connectivity index is 1.04. The van der Waals surface area contributed by atoms with Gasteiger partial charge in [-0.2, -0.15) is 0 Å². The van der Waals surface area contributed by atoms with Crippen LogP contribution in [0.4, 0.5) is 0 Å². The predicted molar refractivity (Wildman–Crippen MR) is 142 cm³/mol. The number of likely N-dealkylation sites (tertiary alicyclic amines) is 2. The lowest BCUT2D eigenvalue weighted by molar-refractivity contribution is -0.146. The summed E-state index contributed by atoms with van der Waals surface area (Å²) < 4.78 is 0. The van der Waals surface area contributed by atoms with Crippen LogP contribution in [0.3, 0.4) is 0 Å². The van der Waals surface area contributed by atoms with Crippen molar-refractivity contribution in [2.75, 3.05) is 72.5 Å². The molecule has 0 aromatic heterocycles. The van der Waals surface area contributed by atoms with Gasteiger partial charge in [-0.05, 0) is 64.0 Å². The van der Waals surface area contributed by atoms with E-state index < -0.39 is 6.10 Å². The van der Waals surface area contributed by atoms with Crippen molar-refractivity contribution in [3.63, 3.8) is 0 Å². The number of rotatable bonds is 5. The van der Waals surface area contributed by atoms with Gasteiger partial charge in [0.15, 0.2) is 5.78 Å². The number of carbonyl (C=O) groups is 2. The summed E-state index contributed by atoms with van der Waals surface area (Å²) in [7, 11) is 2.12. The maximum absolute atomic E-state index is 12.9. The lowest BCUT2D eigenvalue weighted by atomic mass is 9.75. The quantitative estimate of drug-likeness (QED) is 0.530. The van der Waals surface area contributed by atoms with Gasteiger partial charge in [-0.1, -0.05) is 0 Å². The summed E-state index contributed by atoms with van der Waals surface area (Å²) in [6.07, 6.45) is 8.07. The molecule has 0 aromatic rings. The van der Waals surface area contributed by atoms with Crippen LogP contribution in [-0.4, -0.2) is 144 Å². The number of amides is 1. The van der Waals surface area contributed by atoms with Crippen molar-refractivity contribution in [1.29, 1.82) is 0 Å². The number of nitrogens with zero attached hydrogens (tertiary/aromatic N) is 5. The van der Waals surface area contributed by atoms with Crippen molar-refractivity contribution in [2.45, 2.75) is 81.8 Å². The monoisotopic (exact) mass is 516 g/mol. The standard InChI is InChI=1S/C28H48N6O3/c1-30-22(18-32-15-20-13-21(17-32)23-5-4-7-27(36)34(23)16-20)14-25(35)28(37)24(30)19-31-9-11-33(12-10-31)26-6-2-3-8-29-26/h20-24,26,28-29,37H,2-19H2,1H3. The van der Waals surface area contributed by atoms with Crippen molar-refractivity contribution in [1.82, 2.24) is 29.8 Å². The average molecular weight is 517 g/mol. The van der Waals surface area contributed by atoms with E-state index in [0.29, 0.717) is 36.4 Å². The number of aliphatic hydroxyl groups is 1. The fourth-order valence-electron chi connectivity index (χ4n) is 8.45. The summed E-state index contributed by atoms with van der Waals surface area (Å²) in [6, 6.07) is 0.431. The molecule has 6 aliphatic heterocycles. The summed E-state index contributed by atoms with van der Waals surface area (Å²) in [5.74, 6) is 1.50. The van der Waals surface area contributed by atoms with Crippen LogP contribution in [0.15, 0.2) is 0 Å². The third-order valence-corrected chi connectivity index (χ3v) is 10.5. The zero-order valence-corrected chi connectivity index (χ0v) is 22.8. The number of fused-ring (bicyclic) bond motifs is 4. The molecule has 9 nitrogen and oxygen atoms in total. The molecule has 2 N–H and O–H groups in total. The van der Waals surface area contributed by atoms with Crippen LogP contribution in [0.2, 0.25) is 0 Å².